The summed E-state index contributed by atoms with van der Waals surface area (Å²) in [7, 11) is 3.14. The molecule has 0 fully saturated rings. The number of methoxy groups -OCH3 is 2. The first-order chi connectivity index (χ1) is 17.0. The summed E-state index contributed by atoms with van der Waals surface area (Å²) in [6.45, 7) is 0.218. The number of amides is 1. The maximum absolute atomic E-state index is 13.5. The minimum Gasteiger partial charge on any atom is -0.493 e. The van der Waals surface area contributed by atoms with E-state index in [-0.39, 0.29) is 23.8 Å². The lowest BCUT2D eigenvalue weighted by atomic mass is 10.1. The summed E-state index contributed by atoms with van der Waals surface area (Å²) in [5, 5.41) is 2.96. The molecular formula is C26H22IN5O3. The second-order valence-corrected chi connectivity index (χ2v) is 9.04. The number of para-hydroxylation sites is 3. The third kappa shape index (κ3) is 4.12. The van der Waals surface area contributed by atoms with Gasteiger partial charge in [0.25, 0.3) is 5.91 Å². The molecule has 5 aromatic rings. The number of aromatic nitrogens is 3. The molecule has 0 spiro atoms. The highest BCUT2D eigenvalue weighted by Crippen LogP contribution is 2.33. The van der Waals surface area contributed by atoms with Crippen molar-refractivity contribution in [3.63, 3.8) is 0 Å². The van der Waals surface area contributed by atoms with Crippen LogP contribution in [0.4, 0.5) is 5.82 Å². The Kier molecular flexibility index (Phi) is 6.16. The van der Waals surface area contributed by atoms with E-state index in [1.807, 2.05) is 60.7 Å². The van der Waals surface area contributed by atoms with Crippen molar-refractivity contribution in [2.24, 2.45) is 0 Å². The van der Waals surface area contributed by atoms with Crippen molar-refractivity contribution in [2.75, 3.05) is 20.0 Å². The first kappa shape index (κ1) is 22.9. The van der Waals surface area contributed by atoms with Gasteiger partial charge < -0.3 is 20.5 Å². The first-order valence-corrected chi connectivity index (χ1v) is 11.9. The van der Waals surface area contributed by atoms with Crippen molar-refractivity contribution in [3.05, 3.63) is 81.4 Å². The van der Waals surface area contributed by atoms with Crippen LogP contribution in [0.1, 0.15) is 15.9 Å². The van der Waals surface area contributed by atoms with Crippen molar-refractivity contribution in [1.82, 2.24) is 19.9 Å². The zero-order valence-corrected chi connectivity index (χ0v) is 21.2. The fourth-order valence-electron chi connectivity index (χ4n) is 4.09. The molecule has 0 aliphatic rings. The second kappa shape index (κ2) is 9.41. The van der Waals surface area contributed by atoms with Gasteiger partial charge in [-0.1, -0.05) is 24.3 Å². The van der Waals surface area contributed by atoms with Crippen LogP contribution in [0.25, 0.3) is 27.9 Å². The molecule has 0 bridgehead atoms. The van der Waals surface area contributed by atoms with Gasteiger partial charge in [-0.2, -0.15) is 0 Å². The van der Waals surface area contributed by atoms with Crippen LogP contribution in [0.2, 0.25) is 0 Å². The highest BCUT2D eigenvalue weighted by Gasteiger charge is 2.25. The van der Waals surface area contributed by atoms with E-state index in [0.29, 0.717) is 28.2 Å². The number of nitrogen functional groups attached to an aromatic ring is 1. The van der Waals surface area contributed by atoms with Crippen molar-refractivity contribution < 1.29 is 14.3 Å². The normalized spacial score (nSPS) is 11.1. The highest BCUT2D eigenvalue weighted by atomic mass is 127. The number of fused-ring (bicyclic) bond motifs is 2. The standard InChI is InChI=1S/C26H22IN5O3/c1-34-20-9-5-6-15(23(20)35-2)14-29-26(33)21-22-25(31-19-8-4-3-7-18(19)30-22)32(24(21)28)17-12-10-16(27)11-13-17/h3-13H,14,28H2,1-2H3,(H,29,33). The van der Waals surface area contributed by atoms with Gasteiger partial charge in [0.2, 0.25) is 0 Å². The molecule has 35 heavy (non-hydrogen) atoms. The number of hydrogen-bond donors (Lipinski definition) is 2. The third-order valence-corrected chi connectivity index (χ3v) is 6.45. The number of carbonyl (C=O) groups excluding carboxylic acids is 1. The molecule has 0 saturated carbocycles. The molecule has 9 heteroatoms. The molecule has 176 valence electrons. The Balaban J connectivity index is 1.62. The smallest absolute Gasteiger partial charge is 0.257 e. The van der Waals surface area contributed by atoms with Crippen LogP contribution in [0, 0.1) is 3.57 Å². The molecule has 2 heterocycles. The van der Waals surface area contributed by atoms with Crippen molar-refractivity contribution >= 4 is 56.5 Å². The monoisotopic (exact) mass is 579 g/mol. The van der Waals surface area contributed by atoms with Crippen LogP contribution in [0.5, 0.6) is 11.5 Å². The number of nitrogens with two attached hydrogens (primary N) is 1. The summed E-state index contributed by atoms with van der Waals surface area (Å²) in [4.78, 5) is 23.1. The predicted octanol–water partition coefficient (Wildman–Crippen LogP) is 4.71. The number of carbonyl (C=O) groups is 1. The Bertz CT molecular complexity index is 1560. The molecule has 0 aliphatic carbocycles. The average molecular weight is 579 g/mol. The number of nitrogens with one attached hydrogen (secondary N) is 1. The van der Waals surface area contributed by atoms with Gasteiger partial charge >= 0.3 is 0 Å². The third-order valence-electron chi connectivity index (χ3n) is 5.73. The molecule has 0 atom stereocenters. The summed E-state index contributed by atoms with van der Waals surface area (Å²) < 4.78 is 13.7. The molecule has 3 aromatic carbocycles. The number of anilines is 1. The van der Waals surface area contributed by atoms with Crippen LogP contribution in [0.15, 0.2) is 66.7 Å². The lowest BCUT2D eigenvalue weighted by Crippen LogP contribution is -2.24. The van der Waals surface area contributed by atoms with Crippen LogP contribution >= 0.6 is 22.6 Å². The van der Waals surface area contributed by atoms with Crippen molar-refractivity contribution in [2.45, 2.75) is 6.54 Å². The maximum atomic E-state index is 13.5. The number of halogens is 1. The Morgan fingerprint density at radius 1 is 0.971 bits per heavy atom. The number of hydrogen-bond acceptors (Lipinski definition) is 6. The molecule has 0 unspecified atom stereocenters. The Morgan fingerprint density at radius 2 is 1.69 bits per heavy atom. The van der Waals surface area contributed by atoms with Crippen molar-refractivity contribution in [3.8, 4) is 17.2 Å². The van der Waals surface area contributed by atoms with Gasteiger partial charge in [-0.05, 0) is 65.1 Å². The molecule has 3 N–H and O–H groups in total. The largest absolute Gasteiger partial charge is 0.493 e. The number of nitrogens with zero attached hydrogens (tertiary/aromatic N) is 3. The van der Waals surface area contributed by atoms with E-state index < -0.39 is 0 Å². The lowest BCUT2D eigenvalue weighted by molar-refractivity contribution is 0.0953. The molecular weight excluding hydrogens is 557 g/mol. The van der Waals surface area contributed by atoms with E-state index in [4.69, 9.17) is 25.2 Å². The zero-order valence-electron chi connectivity index (χ0n) is 19.1. The lowest BCUT2D eigenvalue weighted by Gasteiger charge is -2.13. The summed E-state index contributed by atoms with van der Waals surface area (Å²) >= 11 is 2.25. The van der Waals surface area contributed by atoms with Crippen LogP contribution in [0.3, 0.4) is 0 Å². The molecule has 0 aliphatic heterocycles. The van der Waals surface area contributed by atoms with Crippen LogP contribution < -0.4 is 20.5 Å². The van der Waals surface area contributed by atoms with Gasteiger partial charge in [-0.3, -0.25) is 9.36 Å². The second-order valence-electron chi connectivity index (χ2n) is 7.79. The minimum absolute atomic E-state index is 0.218. The number of ether oxygens (including phenoxy) is 2. The summed E-state index contributed by atoms with van der Waals surface area (Å²) in [5.74, 6) is 1.07. The number of benzene rings is 3. The summed E-state index contributed by atoms with van der Waals surface area (Å²) in [6, 6.07) is 20.9. The fraction of sp³-hybridized carbons (Fsp3) is 0.115. The maximum Gasteiger partial charge on any atom is 0.257 e. The Morgan fingerprint density at radius 3 is 2.37 bits per heavy atom. The minimum atomic E-state index is -0.355. The fourth-order valence-corrected chi connectivity index (χ4v) is 4.45. The van der Waals surface area contributed by atoms with Gasteiger partial charge in [-0.25, -0.2) is 9.97 Å². The van der Waals surface area contributed by atoms with E-state index >= 15 is 0 Å². The Hall–Kier alpha value is -3.86. The predicted molar refractivity (Wildman–Crippen MR) is 144 cm³/mol. The van der Waals surface area contributed by atoms with Gasteiger partial charge in [0.1, 0.15) is 16.9 Å². The van der Waals surface area contributed by atoms with Crippen LogP contribution in [-0.2, 0) is 6.54 Å². The van der Waals surface area contributed by atoms with E-state index in [0.717, 1.165) is 20.3 Å². The van der Waals surface area contributed by atoms with E-state index in [1.165, 1.54) is 0 Å². The summed E-state index contributed by atoms with van der Waals surface area (Å²) in [5.41, 5.74) is 10.8. The Labute approximate surface area is 215 Å². The SMILES string of the molecule is COc1cccc(CNC(=O)c2c(N)n(-c3ccc(I)cc3)c3nc4ccccc4nc23)c1OC. The molecule has 0 saturated heterocycles. The van der Waals surface area contributed by atoms with Gasteiger partial charge in [0.05, 0.1) is 25.3 Å². The highest BCUT2D eigenvalue weighted by molar-refractivity contribution is 14.1. The first-order valence-electron chi connectivity index (χ1n) is 10.8. The summed E-state index contributed by atoms with van der Waals surface area (Å²) in [6.07, 6.45) is 0. The molecule has 1 amide bonds. The van der Waals surface area contributed by atoms with Crippen molar-refractivity contribution in [1.29, 1.82) is 0 Å². The molecule has 5 rings (SSSR count). The quantitative estimate of drug-likeness (QED) is 0.283. The topological polar surface area (TPSA) is 104 Å². The molecule has 2 aromatic heterocycles. The van der Waals surface area contributed by atoms with E-state index in [9.17, 15) is 4.79 Å². The van der Waals surface area contributed by atoms with Gasteiger partial charge in [0, 0.05) is 21.4 Å². The molecule has 8 nitrogen and oxygen atoms in total. The van der Waals surface area contributed by atoms with E-state index in [2.05, 4.69) is 27.9 Å². The van der Waals surface area contributed by atoms with Gasteiger partial charge in [0.15, 0.2) is 17.1 Å². The van der Waals surface area contributed by atoms with Crippen LogP contribution in [-0.4, -0.2) is 34.7 Å². The number of rotatable bonds is 6. The van der Waals surface area contributed by atoms with E-state index in [1.54, 1.807) is 24.9 Å². The molecule has 0 radical (unpaired) electrons. The zero-order chi connectivity index (χ0) is 24.5. The average Bonchev–Trinajstić information content (AvgIpc) is 3.16. The van der Waals surface area contributed by atoms with Gasteiger partial charge in [-0.15, -0.1) is 0 Å².